The van der Waals surface area contributed by atoms with Crippen molar-refractivity contribution in [3.63, 3.8) is 0 Å². The van der Waals surface area contributed by atoms with Crippen LogP contribution in [-0.4, -0.2) is 29.0 Å². The van der Waals surface area contributed by atoms with Gasteiger partial charge in [0.05, 0.1) is 7.11 Å². The number of aryl methyl sites for hydroxylation is 3. The van der Waals surface area contributed by atoms with E-state index in [1.807, 2.05) is 40.7 Å². The van der Waals surface area contributed by atoms with Crippen LogP contribution in [0.2, 0.25) is 0 Å². The van der Waals surface area contributed by atoms with Gasteiger partial charge in [-0.15, -0.1) is 10.2 Å². The van der Waals surface area contributed by atoms with Crippen molar-refractivity contribution in [1.82, 2.24) is 10.2 Å². The minimum absolute atomic E-state index is 0.249. The Hall–Kier alpha value is -2.32. The number of hydrogen-bond acceptors (Lipinski definition) is 7. The third kappa shape index (κ3) is 3.93. The minimum atomic E-state index is -0.249. The van der Waals surface area contributed by atoms with Gasteiger partial charge in [-0.3, -0.25) is 10.1 Å². The molecule has 0 aliphatic carbocycles. The summed E-state index contributed by atoms with van der Waals surface area (Å²) in [6.07, 6.45) is 1.55. The molecule has 0 bridgehead atoms. The number of allylic oxidation sites excluding steroid dienone is 1. The van der Waals surface area contributed by atoms with Gasteiger partial charge >= 0.3 is 0 Å². The molecule has 0 fully saturated rings. The van der Waals surface area contributed by atoms with E-state index in [2.05, 4.69) is 15.5 Å². The largest absolute Gasteiger partial charge is 0.496 e. The van der Waals surface area contributed by atoms with Crippen LogP contribution >= 0.6 is 23.1 Å². The van der Waals surface area contributed by atoms with Gasteiger partial charge < -0.3 is 9.15 Å². The number of carbonyl (C=O) groups excluding carboxylic acids is 1. The van der Waals surface area contributed by atoms with E-state index < -0.39 is 0 Å². The van der Waals surface area contributed by atoms with Crippen molar-refractivity contribution in [2.75, 3.05) is 18.2 Å². The van der Waals surface area contributed by atoms with E-state index in [1.54, 1.807) is 24.9 Å². The number of aromatic nitrogens is 2. The fourth-order valence-electron chi connectivity index (χ4n) is 3.03. The predicted molar refractivity (Wildman–Crippen MR) is 116 cm³/mol. The van der Waals surface area contributed by atoms with Crippen LogP contribution in [0.4, 0.5) is 5.13 Å². The molecule has 0 atom stereocenters. The highest BCUT2D eigenvalue weighted by Gasteiger charge is 2.18. The number of hydrogen-bond donors (Lipinski definition) is 1. The lowest BCUT2D eigenvalue weighted by Gasteiger charge is -2.13. The summed E-state index contributed by atoms with van der Waals surface area (Å²) in [5.74, 6) is 2.26. The molecule has 3 rings (SSSR count). The number of methoxy groups -OCH3 is 1. The minimum Gasteiger partial charge on any atom is -0.496 e. The molecule has 0 spiro atoms. The number of nitrogens with one attached hydrogen (secondary N) is 1. The number of amides is 1. The van der Waals surface area contributed by atoms with Crippen LogP contribution in [0, 0.1) is 20.8 Å². The Labute approximate surface area is 172 Å². The fourth-order valence-corrected chi connectivity index (χ4v) is 4.68. The first-order chi connectivity index (χ1) is 13.3. The van der Waals surface area contributed by atoms with Gasteiger partial charge in [-0.2, -0.15) is 0 Å². The second-order valence-corrected chi connectivity index (χ2v) is 8.85. The molecule has 2 heterocycles. The smallest absolute Gasteiger partial charge is 0.250 e. The molecule has 6 nitrogen and oxygen atoms in total. The Bertz CT molecular complexity index is 1070. The first kappa shape index (κ1) is 20.4. The molecule has 0 saturated carbocycles. The summed E-state index contributed by atoms with van der Waals surface area (Å²) in [5.41, 5.74) is 4.50. The molecule has 1 N–H and O–H groups in total. The Morgan fingerprint density at radius 1 is 1.32 bits per heavy atom. The molecule has 0 unspecified atom stereocenters. The topological polar surface area (TPSA) is 77.3 Å². The van der Waals surface area contributed by atoms with Crippen LogP contribution < -0.4 is 10.1 Å². The number of thioether (sulfide) groups is 1. The molecule has 0 radical (unpaired) electrons. The quantitative estimate of drug-likeness (QED) is 0.330. The lowest BCUT2D eigenvalue weighted by Crippen LogP contribution is -2.08. The molecule has 2 aromatic heterocycles. The molecule has 148 valence electrons. The predicted octanol–water partition coefficient (Wildman–Crippen LogP) is 5.37. The fraction of sp³-hybridized carbons (Fsp3) is 0.350. The van der Waals surface area contributed by atoms with E-state index in [0.29, 0.717) is 10.9 Å². The van der Waals surface area contributed by atoms with Crippen molar-refractivity contribution in [3.8, 4) is 5.75 Å². The van der Waals surface area contributed by atoms with E-state index in [-0.39, 0.29) is 5.91 Å². The maximum atomic E-state index is 12.5. The zero-order chi connectivity index (χ0) is 20.4. The lowest BCUT2D eigenvalue weighted by atomic mass is 9.98. The Kier molecular flexibility index (Phi) is 6.10. The van der Waals surface area contributed by atoms with Crippen molar-refractivity contribution in [2.24, 2.45) is 0 Å². The van der Waals surface area contributed by atoms with E-state index in [1.165, 1.54) is 11.3 Å². The summed E-state index contributed by atoms with van der Waals surface area (Å²) >= 11 is 2.97. The van der Waals surface area contributed by atoms with Crippen LogP contribution in [0.1, 0.15) is 36.3 Å². The number of furan rings is 1. The van der Waals surface area contributed by atoms with E-state index in [9.17, 15) is 4.79 Å². The lowest BCUT2D eigenvalue weighted by molar-refractivity contribution is -0.111. The normalized spacial score (nSPS) is 11.9. The zero-order valence-corrected chi connectivity index (χ0v) is 18.4. The van der Waals surface area contributed by atoms with E-state index in [4.69, 9.17) is 9.15 Å². The van der Waals surface area contributed by atoms with Gasteiger partial charge in [-0.25, -0.2) is 0 Å². The first-order valence-corrected chi connectivity index (χ1v) is 10.7. The van der Waals surface area contributed by atoms with Gasteiger partial charge in [0, 0.05) is 22.6 Å². The third-order valence-electron chi connectivity index (χ3n) is 4.53. The maximum absolute atomic E-state index is 12.5. The van der Waals surface area contributed by atoms with Crippen molar-refractivity contribution in [2.45, 2.75) is 39.0 Å². The third-order valence-corrected chi connectivity index (χ3v) is 6.38. The van der Waals surface area contributed by atoms with Gasteiger partial charge in [0.25, 0.3) is 0 Å². The SMILES string of the molecule is CCSc1nnc(NC(=O)/C=C(\C)c2cc3c(C)c(C)oc3c(C)c2OC)s1. The Morgan fingerprint density at radius 2 is 2.07 bits per heavy atom. The number of ether oxygens (including phenoxy) is 1. The van der Waals surface area contributed by atoms with Gasteiger partial charge in [0.2, 0.25) is 11.0 Å². The van der Waals surface area contributed by atoms with Crippen LogP contribution in [0.5, 0.6) is 5.75 Å². The average Bonchev–Trinajstić information content (AvgIpc) is 3.20. The molecule has 3 aromatic rings. The summed E-state index contributed by atoms with van der Waals surface area (Å²) in [6, 6.07) is 2.02. The molecular weight excluding hydrogens is 394 g/mol. The zero-order valence-electron chi connectivity index (χ0n) is 16.8. The summed E-state index contributed by atoms with van der Waals surface area (Å²) in [5, 5.41) is 12.4. The summed E-state index contributed by atoms with van der Waals surface area (Å²) in [7, 11) is 1.63. The second-order valence-electron chi connectivity index (χ2n) is 6.37. The van der Waals surface area contributed by atoms with Crippen LogP contribution in [-0.2, 0) is 4.79 Å². The summed E-state index contributed by atoms with van der Waals surface area (Å²) < 4.78 is 12.4. The molecule has 1 aromatic carbocycles. The highest BCUT2D eigenvalue weighted by molar-refractivity contribution is 8.01. The Balaban J connectivity index is 1.93. The van der Waals surface area contributed by atoms with Crippen LogP contribution in [0.3, 0.4) is 0 Å². The average molecular weight is 418 g/mol. The van der Waals surface area contributed by atoms with E-state index >= 15 is 0 Å². The number of fused-ring (bicyclic) bond motifs is 1. The van der Waals surface area contributed by atoms with Crippen molar-refractivity contribution in [3.05, 3.63) is 34.6 Å². The van der Waals surface area contributed by atoms with Gasteiger partial charge in [0.15, 0.2) is 4.34 Å². The standard InChI is InChI=1S/C20H23N3O3S2/c1-7-27-20-23-22-19(28-20)21-16(24)8-10(2)14-9-15-11(3)13(5)26-18(15)12(4)17(14)25-6/h8-9H,7H2,1-6H3,(H,21,22,24)/b10-8+. The molecular formula is C20H23N3O3S2. The molecule has 0 aliphatic rings. The van der Waals surface area contributed by atoms with Crippen LogP contribution in [0.25, 0.3) is 16.5 Å². The number of carbonyl (C=O) groups is 1. The molecule has 0 saturated heterocycles. The molecule has 1 amide bonds. The van der Waals surface area contributed by atoms with Gasteiger partial charge in [-0.05, 0) is 50.7 Å². The van der Waals surface area contributed by atoms with Crippen molar-refractivity contribution in [1.29, 1.82) is 0 Å². The molecule has 0 aliphatic heterocycles. The highest BCUT2D eigenvalue weighted by atomic mass is 32.2. The van der Waals surface area contributed by atoms with E-state index in [0.717, 1.165) is 49.1 Å². The summed E-state index contributed by atoms with van der Waals surface area (Å²) in [6.45, 7) is 9.89. The van der Waals surface area contributed by atoms with Crippen molar-refractivity contribution >= 4 is 50.7 Å². The molecule has 28 heavy (non-hydrogen) atoms. The number of benzene rings is 1. The summed E-state index contributed by atoms with van der Waals surface area (Å²) in [4.78, 5) is 12.5. The first-order valence-electron chi connectivity index (χ1n) is 8.88. The maximum Gasteiger partial charge on any atom is 0.250 e. The number of rotatable bonds is 6. The number of anilines is 1. The van der Waals surface area contributed by atoms with Gasteiger partial charge in [-0.1, -0.05) is 30.0 Å². The second kappa shape index (κ2) is 8.36. The van der Waals surface area contributed by atoms with Gasteiger partial charge in [0.1, 0.15) is 17.1 Å². The highest BCUT2D eigenvalue weighted by Crippen LogP contribution is 2.38. The monoisotopic (exact) mass is 417 g/mol. The van der Waals surface area contributed by atoms with Crippen LogP contribution in [0.15, 0.2) is 20.9 Å². The molecule has 8 heteroatoms. The number of nitrogens with zero attached hydrogens (tertiary/aromatic N) is 2. The Morgan fingerprint density at radius 3 is 2.75 bits per heavy atom. The van der Waals surface area contributed by atoms with Crippen molar-refractivity contribution < 1.29 is 13.9 Å².